The van der Waals surface area contributed by atoms with Gasteiger partial charge in [-0.1, -0.05) is 12.1 Å². The number of carbonyl (C=O) groups is 1. The largest absolute Gasteiger partial charge is 0.506 e. The fourth-order valence-electron chi connectivity index (χ4n) is 1.77. The number of hydrogen-bond donors (Lipinski definition) is 3. The Hall–Kier alpha value is -2.01. The molecule has 2 aromatic rings. The van der Waals surface area contributed by atoms with Crippen molar-refractivity contribution in [2.24, 2.45) is 0 Å². The molecule has 0 aliphatic rings. The summed E-state index contributed by atoms with van der Waals surface area (Å²) in [5.41, 5.74) is 2.48. The van der Waals surface area contributed by atoms with Crippen molar-refractivity contribution in [1.29, 1.82) is 0 Å². The van der Waals surface area contributed by atoms with Gasteiger partial charge in [-0.05, 0) is 46.3 Å². The predicted molar refractivity (Wildman–Crippen MR) is 83.9 cm³/mol. The summed E-state index contributed by atoms with van der Waals surface area (Å²) in [6.07, 6.45) is 0. The Balaban J connectivity index is 2.00. The van der Waals surface area contributed by atoms with Gasteiger partial charge in [-0.3, -0.25) is 4.79 Å². The Kier molecular flexibility index (Phi) is 4.63. The number of nitrogens with one attached hydrogen (secondary N) is 2. The van der Waals surface area contributed by atoms with E-state index >= 15 is 0 Å². The molecular weight excluding hydrogens is 320 g/mol. The zero-order chi connectivity index (χ0) is 14.5. The minimum absolute atomic E-state index is 0.0928. The number of carbonyl (C=O) groups excluding carboxylic acids is 1. The van der Waals surface area contributed by atoms with Crippen LogP contribution < -0.4 is 10.6 Å². The van der Waals surface area contributed by atoms with Gasteiger partial charge in [-0.25, -0.2) is 0 Å². The van der Waals surface area contributed by atoms with Crippen molar-refractivity contribution in [3.8, 4) is 5.75 Å². The first kappa shape index (κ1) is 14.4. The molecule has 0 bridgehead atoms. The van der Waals surface area contributed by atoms with Crippen molar-refractivity contribution in [2.45, 2.75) is 13.5 Å². The highest BCUT2D eigenvalue weighted by molar-refractivity contribution is 9.10. The summed E-state index contributed by atoms with van der Waals surface area (Å²) in [5.74, 6) is 0.152. The first-order valence-electron chi connectivity index (χ1n) is 6.14. The molecule has 0 aromatic heterocycles. The van der Waals surface area contributed by atoms with Crippen LogP contribution >= 0.6 is 15.9 Å². The van der Waals surface area contributed by atoms with E-state index in [-0.39, 0.29) is 11.7 Å². The number of hydrogen-bond acceptors (Lipinski definition) is 3. The van der Waals surface area contributed by atoms with Gasteiger partial charge in [0.25, 0.3) is 0 Å². The maximum Gasteiger partial charge on any atom is 0.221 e. The topological polar surface area (TPSA) is 61.4 Å². The number of benzene rings is 2. The third kappa shape index (κ3) is 3.74. The Morgan fingerprint density at radius 2 is 1.80 bits per heavy atom. The summed E-state index contributed by atoms with van der Waals surface area (Å²) < 4.78 is 0.679. The van der Waals surface area contributed by atoms with Crippen molar-refractivity contribution < 1.29 is 9.90 Å². The van der Waals surface area contributed by atoms with Crippen LogP contribution in [-0.4, -0.2) is 11.0 Å². The van der Waals surface area contributed by atoms with Gasteiger partial charge in [0.1, 0.15) is 5.75 Å². The molecular formula is C15H15BrN2O2. The second kappa shape index (κ2) is 6.43. The van der Waals surface area contributed by atoms with Crippen LogP contribution in [0.1, 0.15) is 12.5 Å². The van der Waals surface area contributed by atoms with Crippen LogP contribution in [-0.2, 0) is 11.3 Å². The summed E-state index contributed by atoms with van der Waals surface area (Å²) >= 11 is 3.29. The molecule has 5 heteroatoms. The molecule has 0 heterocycles. The van der Waals surface area contributed by atoms with E-state index in [0.29, 0.717) is 11.0 Å². The zero-order valence-corrected chi connectivity index (χ0v) is 12.6. The van der Waals surface area contributed by atoms with Crippen LogP contribution in [0.3, 0.4) is 0 Å². The fourth-order valence-corrected chi connectivity index (χ4v) is 2.18. The number of anilines is 2. The van der Waals surface area contributed by atoms with E-state index in [0.717, 1.165) is 16.9 Å². The summed E-state index contributed by atoms with van der Waals surface area (Å²) in [6, 6.07) is 12.9. The van der Waals surface area contributed by atoms with Crippen LogP contribution in [0.15, 0.2) is 46.9 Å². The molecule has 0 unspecified atom stereocenters. The second-order valence-corrected chi connectivity index (χ2v) is 5.21. The van der Waals surface area contributed by atoms with Gasteiger partial charge in [0.2, 0.25) is 5.91 Å². The minimum atomic E-state index is -0.0928. The summed E-state index contributed by atoms with van der Waals surface area (Å²) in [7, 11) is 0. The monoisotopic (exact) mass is 334 g/mol. The summed E-state index contributed by atoms with van der Waals surface area (Å²) in [4.78, 5) is 10.9. The van der Waals surface area contributed by atoms with Gasteiger partial charge in [0, 0.05) is 30.4 Å². The van der Waals surface area contributed by atoms with Crippen molar-refractivity contribution in [3.05, 3.63) is 52.5 Å². The Bertz CT molecular complexity index is 612. The van der Waals surface area contributed by atoms with Crippen molar-refractivity contribution in [3.63, 3.8) is 0 Å². The number of phenolic OH excluding ortho intramolecular Hbond substituents is 1. The molecule has 0 saturated carbocycles. The maximum atomic E-state index is 10.9. The van der Waals surface area contributed by atoms with E-state index in [9.17, 15) is 9.90 Å². The lowest BCUT2D eigenvalue weighted by atomic mass is 10.2. The molecule has 0 aliphatic heterocycles. The van der Waals surface area contributed by atoms with E-state index in [1.807, 2.05) is 36.4 Å². The normalized spacial score (nSPS) is 10.1. The molecule has 0 spiro atoms. The van der Waals surface area contributed by atoms with Gasteiger partial charge in [-0.15, -0.1) is 0 Å². The SMILES string of the molecule is CC(=O)Nc1ccc(NCc2cccc(Br)c2O)cc1. The van der Waals surface area contributed by atoms with Gasteiger partial charge in [0.15, 0.2) is 0 Å². The highest BCUT2D eigenvalue weighted by Gasteiger charge is 2.04. The molecule has 3 N–H and O–H groups in total. The molecule has 0 atom stereocenters. The van der Waals surface area contributed by atoms with E-state index < -0.39 is 0 Å². The Morgan fingerprint density at radius 3 is 2.45 bits per heavy atom. The average Bonchev–Trinajstić information content (AvgIpc) is 2.41. The number of para-hydroxylation sites is 1. The van der Waals surface area contributed by atoms with Crippen LogP contribution in [0.2, 0.25) is 0 Å². The molecule has 2 rings (SSSR count). The fraction of sp³-hybridized carbons (Fsp3) is 0.133. The summed E-state index contributed by atoms with van der Waals surface area (Å²) in [5, 5.41) is 15.8. The molecule has 0 radical (unpaired) electrons. The predicted octanol–water partition coefficient (Wildman–Crippen LogP) is 3.73. The average molecular weight is 335 g/mol. The molecule has 20 heavy (non-hydrogen) atoms. The molecule has 1 amide bonds. The Morgan fingerprint density at radius 1 is 1.15 bits per heavy atom. The lowest BCUT2D eigenvalue weighted by molar-refractivity contribution is -0.114. The van der Waals surface area contributed by atoms with Gasteiger partial charge >= 0.3 is 0 Å². The van der Waals surface area contributed by atoms with Crippen LogP contribution in [0.5, 0.6) is 5.75 Å². The van der Waals surface area contributed by atoms with Crippen LogP contribution in [0, 0.1) is 0 Å². The third-order valence-electron chi connectivity index (χ3n) is 2.76. The molecule has 2 aromatic carbocycles. The van der Waals surface area contributed by atoms with Crippen molar-refractivity contribution >= 4 is 33.2 Å². The van der Waals surface area contributed by atoms with E-state index in [1.165, 1.54) is 6.92 Å². The van der Waals surface area contributed by atoms with Gasteiger partial charge in [-0.2, -0.15) is 0 Å². The Labute approximate surface area is 126 Å². The highest BCUT2D eigenvalue weighted by Crippen LogP contribution is 2.28. The lowest BCUT2D eigenvalue weighted by Gasteiger charge is -2.10. The van der Waals surface area contributed by atoms with Crippen LogP contribution in [0.25, 0.3) is 0 Å². The number of aromatic hydroxyl groups is 1. The number of phenols is 1. The highest BCUT2D eigenvalue weighted by atomic mass is 79.9. The lowest BCUT2D eigenvalue weighted by Crippen LogP contribution is -2.05. The van der Waals surface area contributed by atoms with Gasteiger partial charge in [0.05, 0.1) is 4.47 Å². The first-order chi connectivity index (χ1) is 9.56. The smallest absolute Gasteiger partial charge is 0.221 e. The number of rotatable bonds is 4. The molecule has 0 saturated heterocycles. The van der Waals surface area contributed by atoms with Crippen molar-refractivity contribution in [2.75, 3.05) is 10.6 Å². The standard InChI is InChI=1S/C15H15BrN2O2/c1-10(19)18-13-7-5-12(6-8-13)17-9-11-3-2-4-14(16)15(11)20/h2-8,17,20H,9H2,1H3,(H,18,19). The first-order valence-corrected chi connectivity index (χ1v) is 6.93. The molecule has 4 nitrogen and oxygen atoms in total. The van der Waals surface area contributed by atoms with E-state index in [1.54, 1.807) is 6.07 Å². The molecule has 0 fully saturated rings. The quantitative estimate of drug-likeness (QED) is 0.798. The number of amides is 1. The summed E-state index contributed by atoms with van der Waals surface area (Å²) in [6.45, 7) is 1.99. The number of halogens is 1. The second-order valence-electron chi connectivity index (χ2n) is 4.36. The third-order valence-corrected chi connectivity index (χ3v) is 3.40. The van der Waals surface area contributed by atoms with E-state index in [4.69, 9.17) is 0 Å². The maximum absolute atomic E-state index is 10.9. The molecule has 104 valence electrons. The molecule has 0 aliphatic carbocycles. The zero-order valence-electron chi connectivity index (χ0n) is 11.0. The van der Waals surface area contributed by atoms with Crippen molar-refractivity contribution in [1.82, 2.24) is 0 Å². The van der Waals surface area contributed by atoms with Crippen LogP contribution in [0.4, 0.5) is 11.4 Å². The minimum Gasteiger partial charge on any atom is -0.506 e. The van der Waals surface area contributed by atoms with E-state index in [2.05, 4.69) is 26.6 Å². The van der Waals surface area contributed by atoms with Gasteiger partial charge < -0.3 is 15.7 Å².